The Labute approximate surface area is 139 Å². The highest BCUT2D eigenvalue weighted by Gasteiger charge is 2.19. The number of anilines is 1. The van der Waals surface area contributed by atoms with Crippen molar-refractivity contribution in [2.75, 3.05) is 25.3 Å². The van der Waals surface area contributed by atoms with Crippen LogP contribution in [0.25, 0.3) is 0 Å². The number of amides is 1. The lowest BCUT2D eigenvalue weighted by molar-refractivity contribution is 0.0951. The summed E-state index contributed by atoms with van der Waals surface area (Å²) in [7, 11) is 1.78. The van der Waals surface area contributed by atoms with E-state index >= 15 is 0 Å². The number of nitrogens with one attached hydrogen (secondary N) is 1. The van der Waals surface area contributed by atoms with Gasteiger partial charge in [-0.25, -0.2) is 0 Å². The first-order valence-corrected chi connectivity index (χ1v) is 7.72. The molecule has 0 bridgehead atoms. The minimum absolute atomic E-state index is 0.270. The first-order chi connectivity index (χ1) is 11.1. The molecule has 0 fully saturated rings. The van der Waals surface area contributed by atoms with E-state index in [-0.39, 0.29) is 5.91 Å². The highest BCUT2D eigenvalue weighted by molar-refractivity contribution is 6.32. The summed E-state index contributed by atoms with van der Waals surface area (Å²) in [6.07, 6.45) is 0.781. The lowest BCUT2D eigenvalue weighted by atomic mass is 10.2. The lowest BCUT2D eigenvalue weighted by Crippen LogP contribution is -2.39. The van der Waals surface area contributed by atoms with Crippen LogP contribution in [0.4, 0.5) is 5.69 Å². The number of rotatable bonds is 3. The number of hydrazine groups is 1. The summed E-state index contributed by atoms with van der Waals surface area (Å²) in [5.74, 6) is 0.730. The minimum atomic E-state index is -0.270. The van der Waals surface area contributed by atoms with Gasteiger partial charge in [0, 0.05) is 19.0 Å². The number of carbonyl (C=O) groups is 1. The Morgan fingerprint density at radius 2 is 1.91 bits per heavy atom. The molecule has 6 heteroatoms. The van der Waals surface area contributed by atoms with Crippen molar-refractivity contribution in [1.82, 2.24) is 5.43 Å². The molecule has 23 heavy (non-hydrogen) atoms. The van der Waals surface area contributed by atoms with Crippen LogP contribution in [-0.2, 0) is 0 Å². The van der Waals surface area contributed by atoms with Crippen molar-refractivity contribution in [3.8, 4) is 11.5 Å². The SMILES string of the molecule is CN(NC(=O)c1cc(Cl)c2c(c1)OCCCO2)c1ccccc1. The third-order valence-corrected chi connectivity index (χ3v) is 3.76. The van der Waals surface area contributed by atoms with Crippen LogP contribution in [0, 0.1) is 0 Å². The molecule has 1 amide bonds. The molecule has 0 aliphatic carbocycles. The van der Waals surface area contributed by atoms with E-state index in [0.29, 0.717) is 35.3 Å². The van der Waals surface area contributed by atoms with Crippen molar-refractivity contribution >= 4 is 23.2 Å². The van der Waals surface area contributed by atoms with Gasteiger partial charge in [-0.3, -0.25) is 15.2 Å². The Morgan fingerprint density at radius 3 is 2.70 bits per heavy atom. The minimum Gasteiger partial charge on any atom is -0.489 e. The molecular weight excluding hydrogens is 316 g/mol. The zero-order chi connectivity index (χ0) is 16.2. The van der Waals surface area contributed by atoms with Crippen molar-refractivity contribution in [3.63, 3.8) is 0 Å². The van der Waals surface area contributed by atoms with Crippen LogP contribution in [0.1, 0.15) is 16.8 Å². The number of para-hydroxylation sites is 1. The number of halogens is 1. The molecule has 0 unspecified atom stereocenters. The van der Waals surface area contributed by atoms with E-state index in [0.717, 1.165) is 12.1 Å². The number of hydrogen-bond acceptors (Lipinski definition) is 4. The first kappa shape index (κ1) is 15.5. The molecule has 2 aromatic carbocycles. The van der Waals surface area contributed by atoms with Gasteiger partial charge in [0.05, 0.1) is 23.9 Å². The van der Waals surface area contributed by atoms with Gasteiger partial charge in [-0.05, 0) is 24.3 Å². The Balaban J connectivity index is 1.80. The van der Waals surface area contributed by atoms with E-state index in [1.165, 1.54) is 0 Å². The van der Waals surface area contributed by atoms with Gasteiger partial charge < -0.3 is 9.47 Å². The van der Waals surface area contributed by atoms with Crippen molar-refractivity contribution in [1.29, 1.82) is 0 Å². The molecule has 1 N–H and O–H groups in total. The van der Waals surface area contributed by atoms with Gasteiger partial charge in [-0.15, -0.1) is 0 Å². The summed E-state index contributed by atoms with van der Waals surface area (Å²) in [6.45, 7) is 1.09. The van der Waals surface area contributed by atoms with Crippen LogP contribution >= 0.6 is 11.6 Å². The molecule has 1 aliphatic rings. The van der Waals surface area contributed by atoms with Crippen LogP contribution in [-0.4, -0.2) is 26.2 Å². The summed E-state index contributed by atoms with van der Waals surface area (Å²) in [4.78, 5) is 12.4. The second-order valence-electron chi connectivity index (χ2n) is 5.17. The second-order valence-corrected chi connectivity index (χ2v) is 5.58. The molecular formula is C17H17ClN2O3. The highest BCUT2D eigenvalue weighted by atomic mass is 35.5. The number of fused-ring (bicyclic) bond motifs is 1. The molecule has 2 aromatic rings. The van der Waals surface area contributed by atoms with E-state index in [1.807, 2.05) is 30.3 Å². The normalized spacial score (nSPS) is 13.1. The molecule has 1 heterocycles. The van der Waals surface area contributed by atoms with Gasteiger partial charge in [0.1, 0.15) is 0 Å². The predicted octanol–water partition coefficient (Wildman–Crippen LogP) is 3.28. The maximum absolute atomic E-state index is 12.4. The monoisotopic (exact) mass is 332 g/mol. The largest absolute Gasteiger partial charge is 0.489 e. The van der Waals surface area contributed by atoms with E-state index in [1.54, 1.807) is 24.2 Å². The fourth-order valence-electron chi connectivity index (χ4n) is 2.29. The summed E-state index contributed by atoms with van der Waals surface area (Å²) >= 11 is 6.22. The van der Waals surface area contributed by atoms with Crippen LogP contribution in [0.3, 0.4) is 0 Å². The van der Waals surface area contributed by atoms with Gasteiger partial charge in [0.15, 0.2) is 11.5 Å². The average Bonchev–Trinajstić information content (AvgIpc) is 2.81. The standard InChI is InChI=1S/C17H17ClN2O3/c1-20(13-6-3-2-4-7-13)19-17(21)12-10-14(18)16-15(11-12)22-8-5-9-23-16/h2-4,6-7,10-11H,5,8-9H2,1H3,(H,19,21). The van der Waals surface area contributed by atoms with Crippen LogP contribution in [0.5, 0.6) is 11.5 Å². The molecule has 0 atom stereocenters. The van der Waals surface area contributed by atoms with Crippen molar-refractivity contribution < 1.29 is 14.3 Å². The van der Waals surface area contributed by atoms with E-state index in [4.69, 9.17) is 21.1 Å². The predicted molar refractivity (Wildman–Crippen MR) is 89.4 cm³/mol. The zero-order valence-electron chi connectivity index (χ0n) is 12.7. The molecule has 120 valence electrons. The van der Waals surface area contributed by atoms with E-state index in [9.17, 15) is 4.79 Å². The number of ether oxygens (including phenoxy) is 2. The van der Waals surface area contributed by atoms with Crippen molar-refractivity contribution in [2.45, 2.75) is 6.42 Å². The van der Waals surface area contributed by atoms with Crippen molar-refractivity contribution in [2.24, 2.45) is 0 Å². The number of benzene rings is 2. The maximum Gasteiger partial charge on any atom is 0.269 e. The topological polar surface area (TPSA) is 50.8 Å². The summed E-state index contributed by atoms with van der Waals surface area (Å²) in [6, 6.07) is 12.8. The molecule has 3 rings (SSSR count). The van der Waals surface area contributed by atoms with Gasteiger partial charge in [-0.1, -0.05) is 29.8 Å². The van der Waals surface area contributed by atoms with E-state index < -0.39 is 0 Å². The summed E-state index contributed by atoms with van der Waals surface area (Å²) < 4.78 is 11.2. The number of carbonyl (C=O) groups excluding carboxylic acids is 1. The Hall–Kier alpha value is -2.40. The van der Waals surface area contributed by atoms with Crippen LogP contribution in [0.2, 0.25) is 5.02 Å². The van der Waals surface area contributed by atoms with Crippen LogP contribution < -0.4 is 19.9 Å². The van der Waals surface area contributed by atoms with Gasteiger partial charge in [0.2, 0.25) is 0 Å². The fourth-order valence-corrected chi connectivity index (χ4v) is 2.56. The van der Waals surface area contributed by atoms with Gasteiger partial charge in [-0.2, -0.15) is 0 Å². The number of hydrogen-bond donors (Lipinski definition) is 1. The highest BCUT2D eigenvalue weighted by Crippen LogP contribution is 2.37. The fraction of sp³-hybridized carbons (Fsp3) is 0.235. The Morgan fingerprint density at radius 1 is 1.17 bits per heavy atom. The molecule has 0 saturated carbocycles. The quantitative estimate of drug-likeness (QED) is 0.876. The summed E-state index contributed by atoms with van der Waals surface area (Å²) in [5.41, 5.74) is 4.10. The van der Waals surface area contributed by atoms with Crippen molar-refractivity contribution in [3.05, 3.63) is 53.1 Å². The third kappa shape index (κ3) is 3.51. The zero-order valence-corrected chi connectivity index (χ0v) is 13.5. The smallest absolute Gasteiger partial charge is 0.269 e. The molecule has 1 aliphatic heterocycles. The first-order valence-electron chi connectivity index (χ1n) is 7.34. The Bertz CT molecular complexity index is 706. The average molecular weight is 333 g/mol. The number of nitrogens with zero attached hydrogens (tertiary/aromatic N) is 1. The molecule has 5 nitrogen and oxygen atoms in total. The summed E-state index contributed by atoms with van der Waals surface area (Å²) in [5, 5.41) is 2.02. The molecule has 0 spiro atoms. The lowest BCUT2D eigenvalue weighted by Gasteiger charge is -2.20. The molecule has 0 radical (unpaired) electrons. The van der Waals surface area contributed by atoms with E-state index in [2.05, 4.69) is 5.43 Å². The maximum atomic E-state index is 12.4. The molecule has 0 saturated heterocycles. The van der Waals surface area contributed by atoms with Gasteiger partial charge in [0.25, 0.3) is 5.91 Å². The van der Waals surface area contributed by atoms with Gasteiger partial charge >= 0.3 is 0 Å². The third-order valence-electron chi connectivity index (χ3n) is 3.48. The molecule has 0 aromatic heterocycles. The van der Waals surface area contributed by atoms with Crippen LogP contribution in [0.15, 0.2) is 42.5 Å². The Kier molecular flexibility index (Phi) is 4.57. The second kappa shape index (κ2) is 6.79.